The third kappa shape index (κ3) is 6.20. The highest BCUT2D eigenvalue weighted by molar-refractivity contribution is 5.67. The van der Waals surface area contributed by atoms with Gasteiger partial charge in [0, 0.05) is 6.54 Å². The minimum absolute atomic E-state index is 0.233. The summed E-state index contributed by atoms with van der Waals surface area (Å²) in [6, 6.07) is 3.97. The summed E-state index contributed by atoms with van der Waals surface area (Å²) < 4.78 is 5.12. The van der Waals surface area contributed by atoms with Gasteiger partial charge in [0.15, 0.2) is 0 Å². The third-order valence-corrected chi connectivity index (χ3v) is 3.51. The molecule has 2 atom stereocenters. The molecule has 0 aliphatic rings. The monoisotopic (exact) mass is 323 g/mol. The molecule has 2 unspecified atom stereocenters. The van der Waals surface area contributed by atoms with Gasteiger partial charge in [-0.2, -0.15) is 0 Å². The Morgan fingerprint density at radius 2 is 1.70 bits per heavy atom. The third-order valence-electron chi connectivity index (χ3n) is 3.51. The molecule has 0 aliphatic heterocycles. The molecule has 5 heteroatoms. The molecule has 1 rings (SSSR count). The van der Waals surface area contributed by atoms with Gasteiger partial charge >= 0.3 is 6.09 Å². The summed E-state index contributed by atoms with van der Waals surface area (Å²) in [7, 11) is 0. The first-order chi connectivity index (χ1) is 10.5. The van der Waals surface area contributed by atoms with Crippen molar-refractivity contribution in [3.05, 3.63) is 34.4 Å². The maximum atomic E-state index is 11.5. The molecule has 1 aromatic rings. The quantitative estimate of drug-likeness (QED) is 0.778. The summed E-state index contributed by atoms with van der Waals surface area (Å²) in [5.74, 6) is 0. The van der Waals surface area contributed by atoms with Crippen LogP contribution in [0.3, 0.4) is 0 Å². The first kappa shape index (κ1) is 19.5. The van der Waals surface area contributed by atoms with E-state index in [0.717, 1.165) is 22.3 Å². The average Bonchev–Trinajstić information content (AvgIpc) is 2.34. The molecule has 0 aromatic heterocycles. The zero-order valence-corrected chi connectivity index (χ0v) is 14.9. The lowest BCUT2D eigenvalue weighted by Gasteiger charge is -2.23. The Labute approximate surface area is 138 Å². The van der Waals surface area contributed by atoms with E-state index in [1.807, 2.05) is 32.9 Å². The molecular weight excluding hydrogens is 294 g/mol. The van der Waals surface area contributed by atoms with Crippen LogP contribution < -0.4 is 5.32 Å². The van der Waals surface area contributed by atoms with E-state index in [9.17, 15) is 15.0 Å². The number of aryl methyl sites for hydroxylation is 3. The number of carbonyl (C=O) groups excluding carboxylic acids is 1. The second-order valence-corrected chi connectivity index (χ2v) is 7.04. The van der Waals surface area contributed by atoms with Crippen molar-refractivity contribution in [2.24, 2.45) is 0 Å². The number of amides is 1. The predicted molar refractivity (Wildman–Crippen MR) is 90.5 cm³/mol. The number of hydrogen-bond donors (Lipinski definition) is 3. The second kappa shape index (κ2) is 7.79. The molecule has 0 saturated heterocycles. The van der Waals surface area contributed by atoms with Crippen LogP contribution in [0.5, 0.6) is 0 Å². The van der Waals surface area contributed by atoms with Gasteiger partial charge in [0.25, 0.3) is 0 Å². The van der Waals surface area contributed by atoms with E-state index < -0.39 is 23.9 Å². The maximum absolute atomic E-state index is 11.5. The van der Waals surface area contributed by atoms with E-state index in [0.29, 0.717) is 0 Å². The fourth-order valence-electron chi connectivity index (χ4n) is 2.64. The van der Waals surface area contributed by atoms with Crippen LogP contribution in [-0.2, 0) is 4.74 Å². The molecule has 0 saturated carbocycles. The van der Waals surface area contributed by atoms with Gasteiger partial charge in [-0.15, -0.1) is 0 Å². The number of benzene rings is 1. The second-order valence-electron chi connectivity index (χ2n) is 7.04. The zero-order valence-electron chi connectivity index (χ0n) is 14.9. The van der Waals surface area contributed by atoms with Crippen molar-refractivity contribution >= 4 is 6.09 Å². The van der Waals surface area contributed by atoms with Crippen molar-refractivity contribution in [3.8, 4) is 0 Å². The number of hydrogen-bond acceptors (Lipinski definition) is 4. The lowest BCUT2D eigenvalue weighted by atomic mass is 9.92. The highest BCUT2D eigenvalue weighted by atomic mass is 16.6. The fraction of sp³-hybridized carbons (Fsp3) is 0.611. The largest absolute Gasteiger partial charge is 0.444 e. The average molecular weight is 323 g/mol. The Hall–Kier alpha value is -1.59. The van der Waals surface area contributed by atoms with Crippen LogP contribution >= 0.6 is 0 Å². The number of aliphatic hydroxyl groups excluding tert-OH is 2. The van der Waals surface area contributed by atoms with E-state index in [1.165, 1.54) is 0 Å². The van der Waals surface area contributed by atoms with Crippen molar-refractivity contribution in [1.82, 2.24) is 5.32 Å². The van der Waals surface area contributed by atoms with Gasteiger partial charge in [0.05, 0.1) is 6.10 Å². The lowest BCUT2D eigenvalue weighted by molar-refractivity contribution is 0.0116. The van der Waals surface area contributed by atoms with Gasteiger partial charge in [0.1, 0.15) is 11.7 Å². The van der Waals surface area contributed by atoms with Crippen LogP contribution in [0.2, 0.25) is 0 Å². The molecule has 3 N–H and O–H groups in total. The van der Waals surface area contributed by atoms with Crippen molar-refractivity contribution in [2.75, 3.05) is 6.54 Å². The molecule has 0 fully saturated rings. The summed E-state index contributed by atoms with van der Waals surface area (Å²) in [5, 5.41) is 23.2. The van der Waals surface area contributed by atoms with E-state index >= 15 is 0 Å². The summed E-state index contributed by atoms with van der Waals surface area (Å²) in [6.07, 6.45) is -2.21. The smallest absolute Gasteiger partial charge is 0.407 e. The standard InChI is InChI=1S/C18H29NO4/c1-11-9-12(2)15(13(3)10-11)16(21)14(20)7-8-19-17(22)23-18(4,5)6/h9-10,14,16,20-21H,7-8H2,1-6H3,(H,19,22). The molecular formula is C18H29NO4. The van der Waals surface area contributed by atoms with Crippen LogP contribution in [0, 0.1) is 20.8 Å². The number of ether oxygens (including phenoxy) is 1. The highest BCUT2D eigenvalue weighted by Crippen LogP contribution is 2.26. The van der Waals surface area contributed by atoms with E-state index in [1.54, 1.807) is 20.8 Å². The Balaban J connectivity index is 2.59. The number of nitrogens with one attached hydrogen (secondary N) is 1. The first-order valence-electron chi connectivity index (χ1n) is 7.92. The van der Waals surface area contributed by atoms with Gasteiger partial charge in [-0.3, -0.25) is 0 Å². The Morgan fingerprint density at radius 1 is 1.17 bits per heavy atom. The molecule has 5 nitrogen and oxygen atoms in total. The van der Waals surface area contributed by atoms with Crippen molar-refractivity contribution in [2.45, 2.75) is 65.8 Å². The van der Waals surface area contributed by atoms with Crippen LogP contribution in [0.15, 0.2) is 12.1 Å². The number of carbonyl (C=O) groups is 1. The molecule has 0 radical (unpaired) electrons. The fourth-order valence-corrected chi connectivity index (χ4v) is 2.64. The molecule has 0 spiro atoms. The molecule has 0 heterocycles. The molecule has 1 aromatic carbocycles. The molecule has 130 valence electrons. The number of rotatable bonds is 5. The van der Waals surface area contributed by atoms with Crippen molar-refractivity contribution < 1.29 is 19.7 Å². The summed E-state index contributed by atoms with van der Waals surface area (Å²) in [6.45, 7) is 11.4. The number of alkyl carbamates (subject to hydrolysis) is 1. The van der Waals surface area contributed by atoms with Gasteiger partial charge in [-0.1, -0.05) is 17.7 Å². The maximum Gasteiger partial charge on any atom is 0.407 e. The normalized spacial score (nSPS) is 14.3. The van der Waals surface area contributed by atoms with Gasteiger partial charge < -0.3 is 20.3 Å². The molecule has 23 heavy (non-hydrogen) atoms. The zero-order chi connectivity index (χ0) is 17.8. The Kier molecular flexibility index (Phi) is 6.59. The molecule has 0 bridgehead atoms. The summed E-state index contributed by atoms with van der Waals surface area (Å²) in [4.78, 5) is 11.5. The minimum atomic E-state index is -0.976. The SMILES string of the molecule is Cc1cc(C)c(C(O)C(O)CCNC(=O)OC(C)(C)C)c(C)c1. The van der Waals surface area contributed by atoms with E-state index in [-0.39, 0.29) is 13.0 Å². The van der Waals surface area contributed by atoms with Crippen LogP contribution in [-0.4, -0.2) is 34.6 Å². The predicted octanol–water partition coefficient (Wildman–Crippen LogP) is 2.92. The van der Waals surface area contributed by atoms with Crippen molar-refractivity contribution in [1.29, 1.82) is 0 Å². The molecule has 0 aliphatic carbocycles. The van der Waals surface area contributed by atoms with E-state index in [2.05, 4.69) is 5.32 Å². The first-order valence-corrected chi connectivity index (χ1v) is 7.92. The lowest BCUT2D eigenvalue weighted by Crippen LogP contribution is -2.34. The summed E-state index contributed by atoms with van der Waals surface area (Å²) >= 11 is 0. The van der Waals surface area contributed by atoms with Crippen molar-refractivity contribution in [3.63, 3.8) is 0 Å². The summed E-state index contributed by atoms with van der Waals surface area (Å²) in [5.41, 5.74) is 3.22. The Bertz CT molecular complexity index is 525. The highest BCUT2D eigenvalue weighted by Gasteiger charge is 2.22. The van der Waals surface area contributed by atoms with Crippen LogP contribution in [0.1, 0.15) is 55.5 Å². The van der Waals surface area contributed by atoms with Gasteiger partial charge in [-0.25, -0.2) is 4.79 Å². The molecule has 1 amide bonds. The topological polar surface area (TPSA) is 78.8 Å². The van der Waals surface area contributed by atoms with Gasteiger partial charge in [-0.05, 0) is 64.7 Å². The number of aliphatic hydroxyl groups is 2. The Morgan fingerprint density at radius 3 is 2.17 bits per heavy atom. The van der Waals surface area contributed by atoms with Crippen LogP contribution in [0.25, 0.3) is 0 Å². The minimum Gasteiger partial charge on any atom is -0.444 e. The van der Waals surface area contributed by atoms with E-state index in [4.69, 9.17) is 4.74 Å². The van der Waals surface area contributed by atoms with Gasteiger partial charge in [0.2, 0.25) is 0 Å². The van der Waals surface area contributed by atoms with Crippen LogP contribution in [0.4, 0.5) is 4.79 Å².